The van der Waals surface area contributed by atoms with Crippen molar-refractivity contribution in [2.75, 3.05) is 0 Å². The molecule has 0 aromatic heterocycles. The predicted octanol–water partition coefficient (Wildman–Crippen LogP) is 2.60. The Hall–Kier alpha value is 0.733. The van der Waals surface area contributed by atoms with Crippen LogP contribution in [-0.4, -0.2) is 6.10 Å². The number of phosphoric acid groups is 1. The standard InChI is InChI=1S/C12H27O4P.Zn/c1-4-6-7-8-9-10-12(11(3)5-2)16-17(13,14)15;/h11-12H,4-10H2,1-3H3,(H2,13,14,15);/q;+2/p-2. The van der Waals surface area contributed by atoms with Crippen molar-refractivity contribution in [3.05, 3.63) is 0 Å². The van der Waals surface area contributed by atoms with Crippen molar-refractivity contribution in [2.24, 2.45) is 5.92 Å². The zero-order chi connectivity index (χ0) is 13.3. The quantitative estimate of drug-likeness (QED) is 0.351. The van der Waals surface area contributed by atoms with Crippen molar-refractivity contribution >= 4 is 7.82 Å². The van der Waals surface area contributed by atoms with Crippen LogP contribution in [-0.2, 0) is 28.6 Å². The first kappa shape index (κ1) is 21.0. The summed E-state index contributed by atoms with van der Waals surface area (Å²) in [5.41, 5.74) is 0. The minimum atomic E-state index is -4.85. The van der Waals surface area contributed by atoms with Gasteiger partial charge in [0.25, 0.3) is 0 Å². The molecule has 0 aromatic rings. The topological polar surface area (TPSA) is 72.4 Å². The van der Waals surface area contributed by atoms with Gasteiger partial charge in [0.15, 0.2) is 0 Å². The Balaban J connectivity index is 0. The van der Waals surface area contributed by atoms with Crippen molar-refractivity contribution in [3.8, 4) is 0 Å². The van der Waals surface area contributed by atoms with Gasteiger partial charge in [0.2, 0.25) is 0 Å². The summed E-state index contributed by atoms with van der Waals surface area (Å²) in [4.78, 5) is 21.3. The van der Waals surface area contributed by atoms with Gasteiger partial charge in [-0.15, -0.1) is 0 Å². The Morgan fingerprint density at radius 2 is 1.67 bits per heavy atom. The normalized spacial score (nSPS) is 14.9. The number of unbranched alkanes of at least 4 members (excludes halogenated alkanes) is 4. The molecule has 0 aliphatic carbocycles. The molecule has 0 aliphatic heterocycles. The molecule has 0 bridgehead atoms. The summed E-state index contributed by atoms with van der Waals surface area (Å²) in [6.07, 6.45) is 6.59. The molecule has 0 saturated heterocycles. The van der Waals surface area contributed by atoms with Crippen LogP contribution in [0.5, 0.6) is 0 Å². The molecule has 6 heteroatoms. The molecule has 0 N–H and O–H groups in total. The second-order valence-electron chi connectivity index (χ2n) is 4.68. The van der Waals surface area contributed by atoms with Crippen molar-refractivity contribution in [3.63, 3.8) is 0 Å². The third kappa shape index (κ3) is 11.8. The van der Waals surface area contributed by atoms with E-state index in [2.05, 4.69) is 11.4 Å². The summed E-state index contributed by atoms with van der Waals surface area (Å²) in [7, 11) is -4.85. The zero-order valence-corrected chi connectivity index (χ0v) is 15.8. The molecule has 104 valence electrons. The van der Waals surface area contributed by atoms with Crippen LogP contribution in [0.25, 0.3) is 0 Å². The van der Waals surface area contributed by atoms with Gasteiger partial charge in [-0.05, 0) is 12.3 Å². The van der Waals surface area contributed by atoms with Crippen molar-refractivity contribution in [2.45, 2.75) is 71.8 Å². The van der Waals surface area contributed by atoms with Gasteiger partial charge in [-0.3, -0.25) is 0 Å². The van der Waals surface area contributed by atoms with Gasteiger partial charge in [0.1, 0.15) is 0 Å². The van der Waals surface area contributed by atoms with E-state index in [4.69, 9.17) is 0 Å². The van der Waals surface area contributed by atoms with Crippen LogP contribution in [0, 0.1) is 5.92 Å². The molecular weight excluding hydrogens is 304 g/mol. The number of hydrogen-bond donors (Lipinski definition) is 0. The monoisotopic (exact) mass is 328 g/mol. The molecule has 2 unspecified atom stereocenters. The first-order valence-corrected chi connectivity index (χ1v) is 8.07. The van der Waals surface area contributed by atoms with Crippen molar-refractivity contribution in [1.29, 1.82) is 0 Å². The van der Waals surface area contributed by atoms with Gasteiger partial charge >= 0.3 is 19.5 Å². The van der Waals surface area contributed by atoms with Gasteiger partial charge in [0.05, 0.1) is 13.9 Å². The fraction of sp³-hybridized carbons (Fsp3) is 1.00. The van der Waals surface area contributed by atoms with E-state index in [0.29, 0.717) is 6.42 Å². The van der Waals surface area contributed by atoms with Crippen LogP contribution >= 0.6 is 7.82 Å². The zero-order valence-electron chi connectivity index (χ0n) is 11.9. The van der Waals surface area contributed by atoms with Crippen molar-refractivity contribution < 1.29 is 38.4 Å². The summed E-state index contributed by atoms with van der Waals surface area (Å²) in [5.74, 6) is 0.109. The molecule has 4 nitrogen and oxygen atoms in total. The first-order valence-electron chi connectivity index (χ1n) is 6.61. The first-order chi connectivity index (χ1) is 7.90. The van der Waals surface area contributed by atoms with Gasteiger partial charge < -0.3 is 18.9 Å². The number of phosphoric ester groups is 1. The smallest absolute Gasteiger partial charge is 0.790 e. The van der Waals surface area contributed by atoms with Gasteiger partial charge in [-0.1, -0.05) is 59.3 Å². The van der Waals surface area contributed by atoms with E-state index in [-0.39, 0.29) is 25.4 Å². The van der Waals surface area contributed by atoms with Crippen LogP contribution in [0.1, 0.15) is 65.7 Å². The van der Waals surface area contributed by atoms with Gasteiger partial charge in [-0.2, -0.15) is 0 Å². The van der Waals surface area contributed by atoms with Crippen LogP contribution in [0.3, 0.4) is 0 Å². The molecule has 0 saturated carbocycles. The molecule has 0 radical (unpaired) electrons. The van der Waals surface area contributed by atoms with Gasteiger partial charge in [-0.25, -0.2) is 0 Å². The molecule has 2 atom stereocenters. The summed E-state index contributed by atoms with van der Waals surface area (Å²) in [6.45, 7) is 6.04. The maximum Gasteiger partial charge on any atom is 2.00 e. The largest absolute Gasteiger partial charge is 2.00 e. The molecular formula is C12H25O4PZn. The predicted molar refractivity (Wildman–Crippen MR) is 65.3 cm³/mol. The average molecular weight is 330 g/mol. The van der Waals surface area contributed by atoms with Crippen LogP contribution < -0.4 is 9.79 Å². The minimum Gasteiger partial charge on any atom is -0.790 e. The Labute approximate surface area is 124 Å². The molecule has 0 rings (SSSR count). The van der Waals surface area contributed by atoms with Crippen LogP contribution in [0.4, 0.5) is 0 Å². The Bertz CT molecular complexity index is 232. The Morgan fingerprint density at radius 3 is 2.11 bits per heavy atom. The third-order valence-corrected chi connectivity index (χ3v) is 3.66. The average Bonchev–Trinajstić information content (AvgIpc) is 2.24. The van der Waals surface area contributed by atoms with Crippen molar-refractivity contribution in [1.82, 2.24) is 0 Å². The molecule has 0 amide bonds. The molecule has 0 fully saturated rings. The second kappa shape index (κ2) is 11.6. The SMILES string of the molecule is CCCCCCCC(OP(=O)([O-])[O-])C(C)CC.[Zn+2]. The van der Waals surface area contributed by atoms with E-state index in [1.54, 1.807) is 0 Å². The number of rotatable bonds is 10. The van der Waals surface area contributed by atoms with E-state index >= 15 is 0 Å². The Morgan fingerprint density at radius 1 is 1.11 bits per heavy atom. The Kier molecular flexibility index (Phi) is 13.5. The summed E-state index contributed by atoms with van der Waals surface area (Å²) >= 11 is 0. The third-order valence-electron chi connectivity index (χ3n) is 3.14. The molecule has 0 spiro atoms. The van der Waals surface area contributed by atoms with E-state index in [1.807, 2.05) is 13.8 Å². The maximum atomic E-state index is 10.6. The molecule has 0 heterocycles. The second-order valence-corrected chi connectivity index (χ2v) is 5.78. The number of hydrogen-bond acceptors (Lipinski definition) is 4. The molecule has 0 aliphatic rings. The fourth-order valence-electron chi connectivity index (χ4n) is 1.82. The fourth-order valence-corrected chi connectivity index (χ4v) is 2.46. The molecule has 0 aromatic carbocycles. The van der Waals surface area contributed by atoms with E-state index in [1.165, 1.54) is 12.8 Å². The van der Waals surface area contributed by atoms with E-state index in [9.17, 15) is 14.4 Å². The molecule has 18 heavy (non-hydrogen) atoms. The minimum absolute atomic E-state index is 0. The van der Waals surface area contributed by atoms with E-state index < -0.39 is 13.9 Å². The summed E-state index contributed by atoms with van der Waals surface area (Å²) in [6, 6.07) is 0. The maximum absolute atomic E-state index is 10.6. The summed E-state index contributed by atoms with van der Waals surface area (Å²) < 4.78 is 15.3. The van der Waals surface area contributed by atoms with Gasteiger partial charge in [0, 0.05) is 0 Å². The summed E-state index contributed by atoms with van der Waals surface area (Å²) in [5, 5.41) is 0. The van der Waals surface area contributed by atoms with Crippen LogP contribution in [0.2, 0.25) is 0 Å². The van der Waals surface area contributed by atoms with Crippen LogP contribution in [0.15, 0.2) is 0 Å². The van der Waals surface area contributed by atoms with E-state index in [0.717, 1.165) is 25.7 Å².